The molecule has 2 rings (SSSR count). The third-order valence-electron chi connectivity index (χ3n) is 5.55. The van der Waals surface area contributed by atoms with Crippen molar-refractivity contribution in [3.63, 3.8) is 0 Å². The number of hydrogen-bond acceptors (Lipinski definition) is 6. The van der Waals surface area contributed by atoms with E-state index in [-0.39, 0.29) is 23.7 Å². The third-order valence-corrected chi connectivity index (χ3v) is 5.55. The highest BCUT2D eigenvalue weighted by Crippen LogP contribution is 2.45. The van der Waals surface area contributed by atoms with Gasteiger partial charge in [-0.15, -0.1) is 0 Å². The van der Waals surface area contributed by atoms with E-state index in [4.69, 9.17) is 10.1 Å². The Kier molecular flexibility index (Phi) is 7.59. The molecular formula is C20H25F6N5O. The lowest BCUT2D eigenvalue weighted by Gasteiger charge is -2.51. The van der Waals surface area contributed by atoms with Gasteiger partial charge in [0.25, 0.3) is 0 Å². The van der Waals surface area contributed by atoms with Gasteiger partial charge >= 0.3 is 12.4 Å². The molecule has 1 heterocycles. The van der Waals surface area contributed by atoms with Crippen molar-refractivity contribution in [2.45, 2.75) is 51.7 Å². The van der Waals surface area contributed by atoms with Gasteiger partial charge in [0.15, 0.2) is 0 Å². The van der Waals surface area contributed by atoms with Crippen LogP contribution in [0.15, 0.2) is 29.5 Å². The molecule has 1 aliphatic rings. The molecular weight excluding hydrogens is 440 g/mol. The van der Waals surface area contributed by atoms with Crippen LogP contribution in [-0.4, -0.2) is 48.2 Å². The molecule has 0 radical (unpaired) electrons. The molecule has 0 bridgehead atoms. The maximum absolute atomic E-state index is 13.5. The Balaban J connectivity index is 2.28. The average molecular weight is 465 g/mol. The zero-order chi connectivity index (χ0) is 24.3. The van der Waals surface area contributed by atoms with Gasteiger partial charge in [-0.25, -0.2) is 4.98 Å². The van der Waals surface area contributed by atoms with Crippen molar-refractivity contribution in [3.05, 3.63) is 35.1 Å². The summed E-state index contributed by atoms with van der Waals surface area (Å²) in [6, 6.07) is -0.352. The van der Waals surface area contributed by atoms with Gasteiger partial charge in [0.2, 0.25) is 5.95 Å². The molecule has 6 nitrogen and oxygen atoms in total. The van der Waals surface area contributed by atoms with Gasteiger partial charge in [0.1, 0.15) is 11.4 Å². The number of aromatic nitrogens is 2. The van der Waals surface area contributed by atoms with Crippen LogP contribution >= 0.6 is 0 Å². The zero-order valence-corrected chi connectivity index (χ0v) is 17.9. The van der Waals surface area contributed by atoms with Crippen molar-refractivity contribution in [2.24, 2.45) is 5.41 Å². The highest BCUT2D eigenvalue weighted by Gasteiger charge is 2.49. The molecule has 3 N–H and O–H groups in total. The van der Waals surface area contributed by atoms with Crippen molar-refractivity contribution < 1.29 is 31.1 Å². The van der Waals surface area contributed by atoms with Crippen LogP contribution in [-0.2, 0) is 10.9 Å². The highest BCUT2D eigenvalue weighted by atomic mass is 19.4. The molecule has 2 atom stereocenters. The summed E-state index contributed by atoms with van der Waals surface area (Å²) in [4.78, 5) is 7.50. The van der Waals surface area contributed by atoms with Gasteiger partial charge in [-0.05, 0) is 25.0 Å². The summed E-state index contributed by atoms with van der Waals surface area (Å²) in [5.74, 6) is -0.729. The minimum atomic E-state index is -4.72. The minimum absolute atomic E-state index is 0.132. The summed E-state index contributed by atoms with van der Waals surface area (Å²) in [5, 5.41) is 12.3. The first-order chi connectivity index (χ1) is 14.7. The molecule has 12 heteroatoms. The fourth-order valence-corrected chi connectivity index (χ4v) is 3.47. The van der Waals surface area contributed by atoms with Gasteiger partial charge in [0, 0.05) is 37.5 Å². The van der Waals surface area contributed by atoms with Crippen molar-refractivity contribution in [3.8, 4) is 0 Å². The van der Waals surface area contributed by atoms with E-state index >= 15 is 0 Å². The largest absolute Gasteiger partial charge is 0.421 e. The van der Waals surface area contributed by atoms with Crippen LogP contribution in [0.1, 0.15) is 32.8 Å². The van der Waals surface area contributed by atoms with Gasteiger partial charge in [-0.1, -0.05) is 19.9 Å². The van der Waals surface area contributed by atoms with Crippen molar-refractivity contribution in [2.75, 3.05) is 24.3 Å². The van der Waals surface area contributed by atoms with Gasteiger partial charge < -0.3 is 20.8 Å². The minimum Gasteiger partial charge on any atom is -0.381 e. The quantitative estimate of drug-likeness (QED) is 0.279. The summed E-state index contributed by atoms with van der Waals surface area (Å²) in [7, 11) is 1.53. The van der Waals surface area contributed by atoms with Crippen LogP contribution in [0, 0.1) is 10.8 Å². The number of ether oxygens (including phenoxy) is 1. The smallest absolute Gasteiger partial charge is 0.381 e. The molecule has 0 aromatic carbocycles. The molecule has 178 valence electrons. The lowest BCUT2D eigenvalue weighted by atomic mass is 9.64. The number of nitrogens with zero attached hydrogens (tertiary/aromatic N) is 2. The van der Waals surface area contributed by atoms with Crippen LogP contribution in [0.3, 0.4) is 0 Å². The van der Waals surface area contributed by atoms with Crippen LogP contribution in [0.25, 0.3) is 0 Å². The standard InChI is InChI=1S/C20H25F6N5O/c1-5-11(12(6-7-27)19(21,22)23)9-28-17-29-10-13(20(24,25)26)16(31-17)30-14-8-15(32-4)18(14,2)3/h5-7,10,14-15,27H,8-9H2,1-4H3,(H2,28,29,30,31)/b11-5-,12-6+,27-7?. The number of halogens is 6. The first kappa shape index (κ1) is 25.6. The Bertz CT molecular complexity index is 891. The molecule has 0 spiro atoms. The summed E-state index contributed by atoms with van der Waals surface area (Å²) in [5.41, 5.74) is -2.78. The maximum atomic E-state index is 13.5. The van der Waals surface area contributed by atoms with Crippen LogP contribution in [0.5, 0.6) is 0 Å². The summed E-state index contributed by atoms with van der Waals surface area (Å²) < 4.78 is 85.3. The Morgan fingerprint density at radius 2 is 1.94 bits per heavy atom. The number of nitrogens with one attached hydrogen (secondary N) is 3. The van der Waals surface area contributed by atoms with Gasteiger partial charge in [0.05, 0.1) is 11.7 Å². The third kappa shape index (κ3) is 5.59. The molecule has 1 aromatic heterocycles. The Labute approximate surface area is 181 Å². The zero-order valence-electron chi connectivity index (χ0n) is 17.9. The molecule has 1 aliphatic carbocycles. The number of hydrogen-bond donors (Lipinski definition) is 3. The fraction of sp³-hybridized carbons (Fsp3) is 0.550. The maximum Gasteiger partial charge on any atom is 0.421 e. The Morgan fingerprint density at radius 1 is 1.28 bits per heavy atom. The van der Waals surface area contributed by atoms with E-state index in [1.54, 1.807) is 0 Å². The molecule has 0 saturated heterocycles. The van der Waals surface area contributed by atoms with E-state index in [1.165, 1.54) is 20.1 Å². The molecule has 2 unspecified atom stereocenters. The second kappa shape index (κ2) is 9.47. The fourth-order valence-electron chi connectivity index (χ4n) is 3.47. The monoisotopic (exact) mass is 465 g/mol. The predicted octanol–water partition coefficient (Wildman–Crippen LogP) is 5.22. The summed E-state index contributed by atoms with van der Waals surface area (Å²) in [6.45, 7) is 4.68. The van der Waals surface area contributed by atoms with Crippen molar-refractivity contribution in [1.29, 1.82) is 5.41 Å². The topological polar surface area (TPSA) is 82.9 Å². The highest BCUT2D eigenvalue weighted by molar-refractivity contribution is 5.71. The summed E-state index contributed by atoms with van der Waals surface area (Å²) in [6.07, 6.45) is -6.19. The number of alkyl halides is 6. The van der Waals surface area contributed by atoms with E-state index in [9.17, 15) is 26.3 Å². The predicted molar refractivity (Wildman–Crippen MR) is 109 cm³/mol. The van der Waals surface area contributed by atoms with E-state index < -0.39 is 41.3 Å². The van der Waals surface area contributed by atoms with Crippen LogP contribution in [0.4, 0.5) is 38.1 Å². The first-order valence-electron chi connectivity index (χ1n) is 9.66. The Hall–Kier alpha value is -2.63. The number of methoxy groups -OCH3 is 1. The number of anilines is 2. The number of rotatable bonds is 8. The second-order valence-electron chi connectivity index (χ2n) is 7.84. The lowest BCUT2D eigenvalue weighted by Crippen LogP contribution is -2.58. The van der Waals surface area contributed by atoms with Crippen LogP contribution < -0.4 is 10.6 Å². The van der Waals surface area contributed by atoms with Crippen molar-refractivity contribution in [1.82, 2.24) is 9.97 Å². The van der Waals surface area contributed by atoms with E-state index in [0.29, 0.717) is 24.9 Å². The normalized spacial score (nSPS) is 21.7. The molecule has 0 amide bonds. The molecule has 1 saturated carbocycles. The van der Waals surface area contributed by atoms with Gasteiger partial charge in [-0.2, -0.15) is 31.3 Å². The average Bonchev–Trinajstić information content (AvgIpc) is 2.68. The van der Waals surface area contributed by atoms with E-state index in [1.807, 2.05) is 13.8 Å². The van der Waals surface area contributed by atoms with Gasteiger partial charge in [-0.3, -0.25) is 0 Å². The van der Waals surface area contributed by atoms with E-state index in [0.717, 1.165) is 0 Å². The molecule has 1 aromatic rings. The van der Waals surface area contributed by atoms with Crippen molar-refractivity contribution >= 4 is 18.0 Å². The van der Waals surface area contributed by atoms with E-state index in [2.05, 4.69) is 20.6 Å². The number of allylic oxidation sites excluding steroid dienone is 2. The second-order valence-corrected chi connectivity index (χ2v) is 7.84. The SMILES string of the molecule is C/C=C(CNc1ncc(C(F)(F)F)c(NC2CC(OC)C2(C)C)n1)\C(=C/C=N)C(F)(F)F. The lowest BCUT2D eigenvalue weighted by molar-refractivity contribution is -0.137. The van der Waals surface area contributed by atoms with Crippen LogP contribution in [0.2, 0.25) is 0 Å². The summed E-state index contributed by atoms with van der Waals surface area (Å²) >= 11 is 0. The molecule has 1 fully saturated rings. The molecule has 0 aliphatic heterocycles. The Morgan fingerprint density at radius 3 is 2.41 bits per heavy atom. The molecule has 32 heavy (non-hydrogen) atoms. The first-order valence-corrected chi connectivity index (χ1v) is 9.66.